The average molecular weight is 445 g/mol. The van der Waals surface area contributed by atoms with Crippen molar-refractivity contribution < 1.29 is 28.7 Å². The third-order valence-electron chi connectivity index (χ3n) is 4.11. The van der Waals surface area contributed by atoms with Crippen LogP contribution in [0, 0.1) is 10.1 Å². The Labute approximate surface area is 180 Å². The highest BCUT2D eigenvalue weighted by atomic mass is 32.1. The molecule has 1 amide bonds. The van der Waals surface area contributed by atoms with Crippen LogP contribution in [0.2, 0.25) is 0 Å². The number of nitro groups is 1. The van der Waals surface area contributed by atoms with Crippen molar-refractivity contribution in [1.29, 1.82) is 0 Å². The first-order chi connectivity index (χ1) is 14.9. The third kappa shape index (κ3) is 5.25. The van der Waals surface area contributed by atoms with Gasteiger partial charge in [0, 0.05) is 12.1 Å². The molecule has 0 aliphatic rings. The quantitative estimate of drug-likeness (QED) is 0.297. The first-order valence-electron chi connectivity index (χ1n) is 9.19. The summed E-state index contributed by atoms with van der Waals surface area (Å²) in [6.07, 6.45) is 0. The van der Waals surface area contributed by atoms with Crippen LogP contribution in [0.25, 0.3) is 10.2 Å². The molecule has 0 N–H and O–H groups in total. The lowest BCUT2D eigenvalue weighted by atomic mass is 10.3. The molecule has 0 saturated heterocycles. The van der Waals surface area contributed by atoms with Crippen LogP contribution in [-0.4, -0.2) is 41.7 Å². The molecule has 0 saturated carbocycles. The molecule has 10 nitrogen and oxygen atoms in total. The van der Waals surface area contributed by atoms with Crippen molar-refractivity contribution in [1.82, 2.24) is 4.57 Å². The van der Waals surface area contributed by atoms with E-state index in [4.69, 9.17) is 14.2 Å². The highest BCUT2D eigenvalue weighted by Gasteiger charge is 2.16. The summed E-state index contributed by atoms with van der Waals surface area (Å²) < 4.78 is 17.7. The van der Waals surface area contributed by atoms with E-state index in [0.717, 1.165) is 11.3 Å². The van der Waals surface area contributed by atoms with Crippen LogP contribution in [0.3, 0.4) is 0 Å². The number of para-hydroxylation sites is 2. The van der Waals surface area contributed by atoms with Crippen LogP contribution in [0.1, 0.15) is 6.92 Å². The normalized spacial score (nSPS) is 11.4. The number of hydrogen-bond donors (Lipinski definition) is 0. The summed E-state index contributed by atoms with van der Waals surface area (Å²) in [5.74, 6) is -0.244. The number of hydrogen-bond acceptors (Lipinski definition) is 8. The Morgan fingerprint density at radius 1 is 1.19 bits per heavy atom. The van der Waals surface area contributed by atoms with Crippen molar-refractivity contribution in [2.45, 2.75) is 13.5 Å². The van der Waals surface area contributed by atoms with Crippen molar-refractivity contribution in [3.8, 4) is 11.5 Å². The van der Waals surface area contributed by atoms with E-state index in [9.17, 15) is 19.7 Å². The monoisotopic (exact) mass is 445 g/mol. The smallest absolute Gasteiger partial charge is 0.326 e. The van der Waals surface area contributed by atoms with Gasteiger partial charge in [-0.2, -0.15) is 4.99 Å². The number of nitrogens with zero attached hydrogens (tertiary/aromatic N) is 3. The zero-order valence-corrected chi connectivity index (χ0v) is 17.6. The van der Waals surface area contributed by atoms with Gasteiger partial charge in [-0.15, -0.1) is 0 Å². The largest absolute Gasteiger partial charge is 0.493 e. The van der Waals surface area contributed by atoms with Crippen molar-refractivity contribution in [3.05, 3.63) is 57.4 Å². The fraction of sp³-hybridized carbons (Fsp3) is 0.250. The van der Waals surface area contributed by atoms with E-state index < -0.39 is 16.8 Å². The second kappa shape index (κ2) is 9.85. The van der Waals surface area contributed by atoms with Crippen LogP contribution in [0.5, 0.6) is 11.5 Å². The van der Waals surface area contributed by atoms with Gasteiger partial charge >= 0.3 is 5.97 Å². The van der Waals surface area contributed by atoms with Crippen molar-refractivity contribution in [2.24, 2.45) is 4.99 Å². The number of methoxy groups -OCH3 is 1. The number of carbonyl (C=O) groups is 2. The maximum absolute atomic E-state index is 12.4. The van der Waals surface area contributed by atoms with Gasteiger partial charge in [0.25, 0.3) is 11.6 Å². The number of amides is 1. The molecular formula is C20H19N3O7S. The van der Waals surface area contributed by atoms with E-state index in [2.05, 4.69) is 4.99 Å². The Balaban J connectivity index is 1.94. The summed E-state index contributed by atoms with van der Waals surface area (Å²) >= 11 is 1.06. The third-order valence-corrected chi connectivity index (χ3v) is 5.15. The lowest BCUT2D eigenvalue weighted by Gasteiger charge is -2.08. The number of non-ortho nitro benzene ring substituents is 1. The van der Waals surface area contributed by atoms with Crippen LogP contribution in [0.4, 0.5) is 5.69 Å². The topological polar surface area (TPSA) is 122 Å². The van der Waals surface area contributed by atoms with E-state index in [1.165, 1.54) is 29.9 Å². The van der Waals surface area contributed by atoms with Crippen LogP contribution < -0.4 is 14.3 Å². The number of carbonyl (C=O) groups excluding carboxylic acids is 2. The highest BCUT2D eigenvalue weighted by Crippen LogP contribution is 2.26. The lowest BCUT2D eigenvalue weighted by molar-refractivity contribution is -0.384. The molecule has 0 atom stereocenters. The Kier molecular flexibility index (Phi) is 6.98. The molecule has 0 bridgehead atoms. The molecule has 0 spiro atoms. The molecule has 31 heavy (non-hydrogen) atoms. The average Bonchev–Trinajstić information content (AvgIpc) is 3.08. The van der Waals surface area contributed by atoms with Gasteiger partial charge in [0.05, 0.1) is 28.9 Å². The van der Waals surface area contributed by atoms with Crippen molar-refractivity contribution in [3.63, 3.8) is 0 Å². The zero-order valence-electron chi connectivity index (χ0n) is 16.8. The number of thiazole rings is 1. The van der Waals surface area contributed by atoms with Gasteiger partial charge in [0.2, 0.25) is 0 Å². The maximum atomic E-state index is 12.4. The molecule has 0 aliphatic carbocycles. The first-order valence-corrected chi connectivity index (χ1v) is 10.0. The molecular weight excluding hydrogens is 426 g/mol. The Morgan fingerprint density at radius 2 is 1.94 bits per heavy atom. The van der Waals surface area contributed by atoms with Crippen LogP contribution >= 0.6 is 11.3 Å². The lowest BCUT2D eigenvalue weighted by Crippen LogP contribution is -2.24. The van der Waals surface area contributed by atoms with E-state index in [1.54, 1.807) is 31.2 Å². The highest BCUT2D eigenvalue weighted by molar-refractivity contribution is 7.16. The second-order valence-electron chi connectivity index (χ2n) is 6.13. The molecule has 3 rings (SSSR count). The van der Waals surface area contributed by atoms with E-state index in [-0.39, 0.29) is 30.2 Å². The predicted molar refractivity (Wildman–Crippen MR) is 112 cm³/mol. The minimum absolute atomic E-state index is 0.102. The number of fused-ring (bicyclic) bond motifs is 1. The number of esters is 1. The molecule has 0 unspecified atom stereocenters. The van der Waals surface area contributed by atoms with E-state index >= 15 is 0 Å². The molecule has 162 valence electrons. The standard InChI is InChI=1S/C20H19N3O7S/c1-3-29-19(25)11-22-14-9-8-13(23(26)27)10-17(14)31-20(22)21-18(24)12-30-16-7-5-4-6-15(16)28-2/h4-10H,3,11-12H2,1-2H3. The summed E-state index contributed by atoms with van der Waals surface area (Å²) in [6, 6.07) is 11.1. The van der Waals surface area contributed by atoms with Crippen LogP contribution in [-0.2, 0) is 20.9 Å². The van der Waals surface area contributed by atoms with E-state index in [0.29, 0.717) is 21.7 Å². The van der Waals surface area contributed by atoms with Gasteiger partial charge < -0.3 is 18.8 Å². The zero-order chi connectivity index (χ0) is 22.4. The Hall–Kier alpha value is -3.73. The van der Waals surface area contributed by atoms with Gasteiger partial charge in [-0.1, -0.05) is 23.5 Å². The Morgan fingerprint density at radius 3 is 2.61 bits per heavy atom. The molecule has 11 heteroatoms. The predicted octanol–water partition coefficient (Wildman–Crippen LogP) is 2.69. The SMILES string of the molecule is CCOC(=O)Cn1c(=NC(=O)COc2ccccc2OC)sc2cc([N+](=O)[O-])ccc21. The first kappa shape index (κ1) is 22.0. The summed E-state index contributed by atoms with van der Waals surface area (Å²) in [5.41, 5.74) is 0.426. The molecule has 2 aromatic carbocycles. The number of aromatic nitrogens is 1. The fourth-order valence-corrected chi connectivity index (χ4v) is 3.85. The molecule has 3 aromatic rings. The minimum Gasteiger partial charge on any atom is -0.493 e. The van der Waals surface area contributed by atoms with Gasteiger partial charge in [-0.05, 0) is 25.1 Å². The Bertz CT molecular complexity index is 1200. The number of benzene rings is 2. The number of rotatable bonds is 8. The van der Waals surface area contributed by atoms with E-state index in [1.807, 2.05) is 0 Å². The summed E-state index contributed by atoms with van der Waals surface area (Å²) in [6.45, 7) is 1.34. The van der Waals surface area contributed by atoms with Crippen molar-refractivity contribution in [2.75, 3.05) is 20.3 Å². The van der Waals surface area contributed by atoms with Gasteiger partial charge in [0.1, 0.15) is 6.54 Å². The van der Waals surface area contributed by atoms with Crippen molar-refractivity contribution >= 4 is 39.1 Å². The fourth-order valence-electron chi connectivity index (χ4n) is 2.77. The number of nitro benzene ring substituents is 1. The van der Waals surface area contributed by atoms with Gasteiger partial charge in [-0.25, -0.2) is 0 Å². The number of ether oxygens (including phenoxy) is 3. The minimum atomic E-state index is -0.593. The summed E-state index contributed by atoms with van der Waals surface area (Å²) in [7, 11) is 1.49. The van der Waals surface area contributed by atoms with Crippen LogP contribution in [0.15, 0.2) is 47.5 Å². The molecule has 0 fully saturated rings. The molecule has 0 radical (unpaired) electrons. The molecule has 0 aliphatic heterocycles. The maximum Gasteiger partial charge on any atom is 0.326 e. The molecule has 1 aromatic heterocycles. The van der Waals surface area contributed by atoms with Gasteiger partial charge in [0.15, 0.2) is 22.9 Å². The molecule has 1 heterocycles. The summed E-state index contributed by atoms with van der Waals surface area (Å²) in [5, 5.41) is 11.1. The second-order valence-corrected chi connectivity index (χ2v) is 7.14. The van der Waals surface area contributed by atoms with Gasteiger partial charge in [-0.3, -0.25) is 19.7 Å². The summed E-state index contributed by atoms with van der Waals surface area (Å²) in [4.78, 5) is 39.3.